The van der Waals surface area contributed by atoms with Gasteiger partial charge >= 0.3 is 0 Å². The smallest absolute Gasteiger partial charge is 0.143 e. The quantitative estimate of drug-likeness (QED) is 0.212. The summed E-state index contributed by atoms with van der Waals surface area (Å²) >= 11 is 0. The summed E-state index contributed by atoms with van der Waals surface area (Å²) in [4.78, 5) is 14.5. The van der Waals surface area contributed by atoms with E-state index in [2.05, 4.69) is 102 Å². The van der Waals surface area contributed by atoms with Crippen molar-refractivity contribution < 1.29 is 4.42 Å². The molecule has 4 heteroatoms. The van der Waals surface area contributed by atoms with E-state index in [1.54, 1.807) is 0 Å². The van der Waals surface area contributed by atoms with Crippen molar-refractivity contribution in [3.63, 3.8) is 0 Å². The summed E-state index contributed by atoms with van der Waals surface area (Å²) < 4.78 is 6.75. The molecule has 0 atom stereocenters. The molecule has 0 aliphatic heterocycles. The Morgan fingerprint density at radius 2 is 1.29 bits per heavy atom. The maximum absolute atomic E-state index is 6.75. The predicted molar refractivity (Wildman–Crippen MR) is 168 cm³/mol. The highest BCUT2D eigenvalue weighted by Gasteiger charge is 2.20. The molecule has 5 aromatic carbocycles. The highest BCUT2D eigenvalue weighted by atomic mass is 16.3. The van der Waals surface area contributed by atoms with Crippen LogP contribution in [0.2, 0.25) is 0 Å². The Morgan fingerprint density at radius 1 is 0.512 bits per heavy atom. The minimum absolute atomic E-state index is 0.861. The molecule has 0 N–H and O–H groups in total. The third-order valence-electron chi connectivity index (χ3n) is 8.12. The van der Waals surface area contributed by atoms with Crippen molar-refractivity contribution >= 4 is 65.4 Å². The van der Waals surface area contributed by atoms with Gasteiger partial charge in [0.2, 0.25) is 0 Å². The number of hydrogen-bond donors (Lipinski definition) is 0. The molecule has 0 bridgehead atoms. The van der Waals surface area contributed by atoms with Crippen LogP contribution >= 0.6 is 0 Å². The van der Waals surface area contributed by atoms with E-state index in [9.17, 15) is 0 Å². The summed E-state index contributed by atoms with van der Waals surface area (Å²) in [5, 5.41) is 7.70. The van der Waals surface area contributed by atoms with Crippen molar-refractivity contribution in [1.82, 2.24) is 15.0 Å². The summed E-state index contributed by atoms with van der Waals surface area (Å²) in [7, 11) is 0. The largest absolute Gasteiger partial charge is 0.455 e. The van der Waals surface area contributed by atoms with Crippen LogP contribution in [-0.4, -0.2) is 15.0 Å². The fourth-order valence-corrected chi connectivity index (χ4v) is 6.36. The van der Waals surface area contributed by atoms with E-state index < -0.39 is 0 Å². The Balaban J connectivity index is 1.44. The van der Waals surface area contributed by atoms with E-state index in [0.29, 0.717) is 0 Å². The van der Waals surface area contributed by atoms with Crippen molar-refractivity contribution in [3.8, 4) is 22.4 Å². The normalized spacial score (nSPS) is 11.9. The van der Waals surface area contributed by atoms with Gasteiger partial charge in [-0.2, -0.15) is 0 Å². The summed E-state index contributed by atoms with van der Waals surface area (Å²) in [6.45, 7) is 0. The van der Waals surface area contributed by atoms with Crippen LogP contribution in [0.25, 0.3) is 87.8 Å². The van der Waals surface area contributed by atoms with Gasteiger partial charge in [0.1, 0.15) is 11.2 Å². The highest BCUT2D eigenvalue weighted by Crippen LogP contribution is 2.44. The molecule has 0 spiro atoms. The molecule has 0 unspecified atom stereocenters. The third-order valence-corrected chi connectivity index (χ3v) is 8.12. The van der Waals surface area contributed by atoms with Crippen molar-refractivity contribution in [2.75, 3.05) is 0 Å². The molecule has 4 aromatic heterocycles. The zero-order valence-electron chi connectivity index (χ0n) is 21.9. The predicted octanol–water partition coefficient (Wildman–Crippen LogP) is 9.72. The van der Waals surface area contributed by atoms with E-state index in [-0.39, 0.29) is 0 Å². The topological polar surface area (TPSA) is 51.8 Å². The van der Waals surface area contributed by atoms with E-state index in [0.717, 1.165) is 87.8 Å². The standard InChI is InChI=1S/C37H21N3O/c1-2-9-22(10-3-1)34-27-17-18-31-33(32(27)26-12-4-5-16-30(26)40-34)28-14-6-13-25(37(28)41-31)29-21-23-11-7-19-38-35(23)36-24(29)15-8-20-39-36/h1-21H. The molecule has 0 aliphatic rings. The van der Waals surface area contributed by atoms with Gasteiger partial charge in [0, 0.05) is 61.2 Å². The van der Waals surface area contributed by atoms with Crippen LogP contribution in [0.5, 0.6) is 0 Å². The number of rotatable bonds is 2. The Hall–Kier alpha value is -5.61. The highest BCUT2D eigenvalue weighted by molar-refractivity contribution is 6.29. The molecule has 4 nitrogen and oxygen atoms in total. The zero-order chi connectivity index (χ0) is 26.9. The van der Waals surface area contributed by atoms with Gasteiger partial charge in [-0.1, -0.05) is 78.9 Å². The van der Waals surface area contributed by atoms with Crippen LogP contribution in [0.15, 0.2) is 132 Å². The Morgan fingerprint density at radius 3 is 2.22 bits per heavy atom. The Kier molecular flexibility index (Phi) is 4.58. The minimum atomic E-state index is 0.861. The van der Waals surface area contributed by atoms with Crippen LogP contribution < -0.4 is 0 Å². The van der Waals surface area contributed by atoms with Crippen LogP contribution in [0.4, 0.5) is 0 Å². The zero-order valence-corrected chi connectivity index (χ0v) is 21.9. The maximum Gasteiger partial charge on any atom is 0.143 e. The minimum Gasteiger partial charge on any atom is -0.455 e. The van der Waals surface area contributed by atoms with Crippen LogP contribution in [-0.2, 0) is 0 Å². The van der Waals surface area contributed by atoms with Crippen LogP contribution in [0.1, 0.15) is 0 Å². The molecule has 190 valence electrons. The van der Waals surface area contributed by atoms with Gasteiger partial charge in [0.05, 0.1) is 22.2 Å². The average Bonchev–Trinajstić information content (AvgIpc) is 3.43. The van der Waals surface area contributed by atoms with Crippen molar-refractivity contribution in [2.24, 2.45) is 0 Å². The van der Waals surface area contributed by atoms with Gasteiger partial charge in [0.15, 0.2) is 0 Å². The number of nitrogens with zero attached hydrogens (tertiary/aromatic N) is 3. The number of benzene rings is 5. The lowest BCUT2D eigenvalue weighted by molar-refractivity contribution is 0.670. The summed E-state index contributed by atoms with van der Waals surface area (Å²) in [6.07, 6.45) is 3.65. The lowest BCUT2D eigenvalue weighted by Gasteiger charge is -2.11. The second-order valence-electron chi connectivity index (χ2n) is 10.4. The molecular formula is C37H21N3O. The van der Waals surface area contributed by atoms with E-state index >= 15 is 0 Å². The summed E-state index contributed by atoms with van der Waals surface area (Å²) in [6, 6.07) is 39.9. The van der Waals surface area contributed by atoms with Gasteiger partial charge in [0.25, 0.3) is 0 Å². The molecule has 4 heterocycles. The summed E-state index contributed by atoms with van der Waals surface area (Å²) in [5.41, 5.74) is 8.69. The lowest BCUT2D eigenvalue weighted by Crippen LogP contribution is -1.90. The van der Waals surface area contributed by atoms with Gasteiger partial charge in [-0.05, 0) is 42.0 Å². The van der Waals surface area contributed by atoms with Gasteiger partial charge in [-0.25, -0.2) is 4.98 Å². The van der Waals surface area contributed by atoms with E-state index in [1.165, 1.54) is 0 Å². The fourth-order valence-electron chi connectivity index (χ4n) is 6.36. The number of para-hydroxylation sites is 2. The maximum atomic E-state index is 6.75. The van der Waals surface area contributed by atoms with Gasteiger partial charge in [-0.3, -0.25) is 9.97 Å². The van der Waals surface area contributed by atoms with Crippen LogP contribution in [0, 0.1) is 0 Å². The van der Waals surface area contributed by atoms with E-state index in [1.807, 2.05) is 30.6 Å². The number of pyridine rings is 3. The Labute approximate surface area is 234 Å². The number of furan rings is 1. The second kappa shape index (κ2) is 8.44. The number of fused-ring (bicyclic) bond motifs is 10. The summed E-state index contributed by atoms with van der Waals surface area (Å²) in [5.74, 6) is 0. The van der Waals surface area contributed by atoms with Gasteiger partial charge < -0.3 is 4.42 Å². The lowest BCUT2D eigenvalue weighted by atomic mass is 9.94. The number of hydrogen-bond acceptors (Lipinski definition) is 4. The molecule has 0 aliphatic carbocycles. The Bertz CT molecular complexity index is 2480. The average molecular weight is 524 g/mol. The van der Waals surface area contributed by atoms with E-state index in [4.69, 9.17) is 14.4 Å². The molecule has 9 aromatic rings. The van der Waals surface area contributed by atoms with Gasteiger partial charge in [-0.15, -0.1) is 0 Å². The molecule has 0 fully saturated rings. The number of aromatic nitrogens is 3. The first-order valence-electron chi connectivity index (χ1n) is 13.7. The third kappa shape index (κ3) is 3.19. The molecule has 9 rings (SSSR count). The van der Waals surface area contributed by atoms with Crippen molar-refractivity contribution in [3.05, 3.63) is 128 Å². The molecule has 0 radical (unpaired) electrons. The fraction of sp³-hybridized carbons (Fsp3) is 0. The monoisotopic (exact) mass is 523 g/mol. The molecule has 0 saturated carbocycles. The first-order valence-corrected chi connectivity index (χ1v) is 13.7. The molecule has 41 heavy (non-hydrogen) atoms. The second-order valence-corrected chi connectivity index (χ2v) is 10.4. The van der Waals surface area contributed by atoms with Crippen molar-refractivity contribution in [2.45, 2.75) is 0 Å². The molecule has 0 saturated heterocycles. The first kappa shape index (κ1) is 22.2. The van der Waals surface area contributed by atoms with Crippen LogP contribution in [0.3, 0.4) is 0 Å². The molecular weight excluding hydrogens is 502 g/mol. The molecule has 0 amide bonds. The SMILES string of the molecule is c1ccc(-c2nc3ccccc3c3c2ccc2oc4c(-c5cc6cccnc6c6ncccc56)cccc4c23)cc1. The van der Waals surface area contributed by atoms with Crippen molar-refractivity contribution in [1.29, 1.82) is 0 Å². The first-order chi connectivity index (χ1) is 20.3.